The van der Waals surface area contributed by atoms with Crippen LogP contribution >= 0.6 is 11.8 Å². The van der Waals surface area contributed by atoms with Gasteiger partial charge < -0.3 is 9.80 Å². The van der Waals surface area contributed by atoms with E-state index in [1.165, 1.54) is 49.2 Å². The van der Waals surface area contributed by atoms with Crippen molar-refractivity contribution in [2.24, 2.45) is 0 Å². The number of rotatable bonds is 3. The summed E-state index contributed by atoms with van der Waals surface area (Å²) in [7, 11) is 0. The summed E-state index contributed by atoms with van der Waals surface area (Å²) < 4.78 is 0. The summed E-state index contributed by atoms with van der Waals surface area (Å²) in [5.74, 6) is 0.378. The Balaban J connectivity index is 1.41. The number of likely N-dealkylation sites (tertiary alicyclic amines) is 2. The Hall–Kier alpha value is -1.00. The van der Waals surface area contributed by atoms with Gasteiger partial charge in [-0.15, -0.1) is 11.8 Å². The highest BCUT2D eigenvalue weighted by molar-refractivity contribution is 8.01. The van der Waals surface area contributed by atoms with Crippen molar-refractivity contribution in [3.8, 4) is 0 Å². The molecule has 0 radical (unpaired) electrons. The zero-order valence-electron chi connectivity index (χ0n) is 13.0. The van der Waals surface area contributed by atoms with Crippen molar-refractivity contribution in [2.45, 2.75) is 48.3 Å². The molecule has 0 spiro atoms. The first-order chi connectivity index (χ1) is 10.8. The van der Waals surface area contributed by atoms with Crippen LogP contribution in [0.2, 0.25) is 0 Å². The van der Waals surface area contributed by atoms with Gasteiger partial charge in [-0.3, -0.25) is 4.79 Å². The van der Waals surface area contributed by atoms with Gasteiger partial charge >= 0.3 is 0 Å². The van der Waals surface area contributed by atoms with Crippen molar-refractivity contribution in [3.63, 3.8) is 0 Å². The lowest BCUT2D eigenvalue weighted by atomic mass is 10.1. The average molecular weight is 316 g/mol. The SMILES string of the molecule is O=C(C1Cc2ccccc2S1)N1CCCC1CN1CCCC1. The molecule has 2 fully saturated rings. The maximum absolute atomic E-state index is 13.0. The number of hydrogen-bond donors (Lipinski definition) is 0. The molecule has 2 unspecified atom stereocenters. The van der Waals surface area contributed by atoms with E-state index in [1.54, 1.807) is 11.8 Å². The first kappa shape index (κ1) is 14.6. The fourth-order valence-electron chi connectivity index (χ4n) is 4.08. The zero-order valence-corrected chi connectivity index (χ0v) is 13.9. The molecule has 2 saturated heterocycles. The van der Waals surface area contributed by atoms with E-state index < -0.39 is 0 Å². The van der Waals surface area contributed by atoms with Crippen molar-refractivity contribution in [2.75, 3.05) is 26.2 Å². The molecule has 0 aliphatic carbocycles. The van der Waals surface area contributed by atoms with Crippen LogP contribution in [0.4, 0.5) is 0 Å². The van der Waals surface area contributed by atoms with E-state index in [1.807, 2.05) is 0 Å². The molecular formula is C18H24N2OS. The average Bonchev–Trinajstić information content (AvgIpc) is 3.27. The van der Waals surface area contributed by atoms with Crippen LogP contribution in [-0.4, -0.2) is 53.2 Å². The second kappa shape index (κ2) is 6.25. The molecule has 3 nitrogen and oxygen atoms in total. The van der Waals surface area contributed by atoms with Gasteiger partial charge in [0.25, 0.3) is 0 Å². The number of fused-ring (bicyclic) bond motifs is 1. The monoisotopic (exact) mass is 316 g/mol. The topological polar surface area (TPSA) is 23.6 Å². The number of hydrogen-bond acceptors (Lipinski definition) is 3. The zero-order chi connectivity index (χ0) is 14.9. The predicted octanol–water partition coefficient (Wildman–Crippen LogP) is 2.79. The Kier molecular flexibility index (Phi) is 4.14. The number of benzene rings is 1. The number of amides is 1. The van der Waals surface area contributed by atoms with Gasteiger partial charge in [-0.05, 0) is 56.8 Å². The first-order valence-electron chi connectivity index (χ1n) is 8.58. The van der Waals surface area contributed by atoms with Crippen molar-refractivity contribution in [3.05, 3.63) is 29.8 Å². The molecule has 4 rings (SSSR count). The van der Waals surface area contributed by atoms with E-state index in [2.05, 4.69) is 34.1 Å². The minimum absolute atomic E-state index is 0.108. The quantitative estimate of drug-likeness (QED) is 0.857. The van der Waals surface area contributed by atoms with E-state index in [4.69, 9.17) is 0 Å². The van der Waals surface area contributed by atoms with Crippen LogP contribution in [0.5, 0.6) is 0 Å². The Bertz CT molecular complexity index is 531. The molecule has 1 aromatic rings. The largest absolute Gasteiger partial charge is 0.337 e. The highest BCUT2D eigenvalue weighted by Crippen LogP contribution is 2.38. The summed E-state index contributed by atoms with van der Waals surface area (Å²) in [5.41, 5.74) is 1.35. The van der Waals surface area contributed by atoms with Gasteiger partial charge in [0.2, 0.25) is 5.91 Å². The highest BCUT2D eigenvalue weighted by atomic mass is 32.2. The van der Waals surface area contributed by atoms with Crippen LogP contribution in [-0.2, 0) is 11.2 Å². The summed E-state index contributed by atoms with van der Waals surface area (Å²) in [5, 5.41) is 0.108. The standard InChI is InChI=1S/C18H24N2OS/c21-18(17-12-14-6-1-2-8-16(14)22-17)20-11-5-7-15(20)13-19-9-3-4-10-19/h1-2,6,8,15,17H,3-5,7,9-13H2. The summed E-state index contributed by atoms with van der Waals surface area (Å²) >= 11 is 1.77. The van der Waals surface area contributed by atoms with Crippen LogP contribution in [0.3, 0.4) is 0 Å². The third kappa shape index (κ3) is 2.79. The van der Waals surface area contributed by atoms with Crippen molar-refractivity contribution in [1.82, 2.24) is 9.80 Å². The Morgan fingerprint density at radius 1 is 1.14 bits per heavy atom. The van der Waals surface area contributed by atoms with E-state index in [0.717, 1.165) is 19.5 Å². The predicted molar refractivity (Wildman–Crippen MR) is 90.2 cm³/mol. The van der Waals surface area contributed by atoms with Crippen molar-refractivity contribution in [1.29, 1.82) is 0 Å². The molecule has 0 saturated carbocycles. The maximum atomic E-state index is 13.0. The lowest BCUT2D eigenvalue weighted by molar-refractivity contribution is -0.131. The molecule has 22 heavy (non-hydrogen) atoms. The minimum atomic E-state index is 0.108. The third-order valence-corrected chi connectivity index (χ3v) is 6.56. The molecule has 118 valence electrons. The van der Waals surface area contributed by atoms with Crippen LogP contribution in [0, 0.1) is 0 Å². The van der Waals surface area contributed by atoms with Gasteiger partial charge in [0.05, 0.1) is 5.25 Å². The molecule has 1 aromatic carbocycles. The fraction of sp³-hybridized carbons (Fsp3) is 0.611. The molecule has 3 aliphatic heterocycles. The van der Waals surface area contributed by atoms with E-state index in [9.17, 15) is 4.79 Å². The molecule has 0 aromatic heterocycles. The van der Waals surface area contributed by atoms with Gasteiger partial charge in [-0.2, -0.15) is 0 Å². The molecule has 0 N–H and O–H groups in total. The Morgan fingerprint density at radius 2 is 1.95 bits per heavy atom. The summed E-state index contributed by atoms with van der Waals surface area (Å²) in [6.45, 7) is 4.51. The van der Waals surface area contributed by atoms with E-state index in [0.29, 0.717) is 11.9 Å². The minimum Gasteiger partial charge on any atom is -0.337 e. The van der Waals surface area contributed by atoms with E-state index in [-0.39, 0.29) is 5.25 Å². The fourth-order valence-corrected chi connectivity index (χ4v) is 5.35. The van der Waals surface area contributed by atoms with Crippen LogP contribution in [0.15, 0.2) is 29.2 Å². The lowest BCUT2D eigenvalue weighted by Gasteiger charge is -2.30. The van der Waals surface area contributed by atoms with Gasteiger partial charge in [0.15, 0.2) is 0 Å². The molecule has 2 atom stereocenters. The van der Waals surface area contributed by atoms with Gasteiger partial charge in [-0.25, -0.2) is 0 Å². The Morgan fingerprint density at radius 3 is 2.77 bits per heavy atom. The van der Waals surface area contributed by atoms with Gasteiger partial charge in [-0.1, -0.05) is 18.2 Å². The maximum Gasteiger partial charge on any atom is 0.236 e. The summed E-state index contributed by atoms with van der Waals surface area (Å²) in [6.07, 6.45) is 5.93. The van der Waals surface area contributed by atoms with Gasteiger partial charge in [0.1, 0.15) is 0 Å². The normalized spacial score (nSPS) is 28.3. The molecule has 0 bridgehead atoms. The molecule has 4 heteroatoms. The molecule has 3 aliphatic rings. The highest BCUT2D eigenvalue weighted by Gasteiger charge is 2.37. The number of nitrogens with zero attached hydrogens (tertiary/aromatic N) is 2. The second-order valence-corrected chi connectivity index (χ2v) is 8.00. The van der Waals surface area contributed by atoms with Crippen LogP contribution in [0.25, 0.3) is 0 Å². The second-order valence-electron chi connectivity index (χ2n) is 6.75. The van der Waals surface area contributed by atoms with Crippen LogP contribution in [0.1, 0.15) is 31.2 Å². The molecule has 1 amide bonds. The van der Waals surface area contributed by atoms with Gasteiger partial charge in [0, 0.05) is 24.0 Å². The van der Waals surface area contributed by atoms with E-state index >= 15 is 0 Å². The summed E-state index contributed by atoms with van der Waals surface area (Å²) in [4.78, 5) is 19.0. The van der Waals surface area contributed by atoms with Crippen LogP contribution < -0.4 is 0 Å². The Labute approximate surface area is 137 Å². The number of carbonyl (C=O) groups is 1. The first-order valence-corrected chi connectivity index (χ1v) is 9.46. The number of thioether (sulfide) groups is 1. The molecular weight excluding hydrogens is 292 g/mol. The number of carbonyl (C=O) groups excluding carboxylic acids is 1. The lowest BCUT2D eigenvalue weighted by Crippen LogP contribution is -2.45. The van der Waals surface area contributed by atoms with Crippen molar-refractivity contribution >= 4 is 17.7 Å². The smallest absolute Gasteiger partial charge is 0.236 e. The summed E-state index contributed by atoms with van der Waals surface area (Å²) in [6, 6.07) is 8.93. The third-order valence-electron chi connectivity index (χ3n) is 5.25. The van der Waals surface area contributed by atoms with Crippen molar-refractivity contribution < 1.29 is 4.79 Å². The molecule has 3 heterocycles.